The van der Waals surface area contributed by atoms with Crippen molar-refractivity contribution in [1.82, 2.24) is 19.7 Å². The van der Waals surface area contributed by atoms with Gasteiger partial charge in [-0.1, -0.05) is 13.8 Å². The number of nitrogens with zero attached hydrogens (tertiary/aromatic N) is 5. The number of ether oxygens (including phenoxy) is 1. The molecule has 1 amide bonds. The van der Waals surface area contributed by atoms with E-state index in [0.717, 1.165) is 11.8 Å². The van der Waals surface area contributed by atoms with Crippen molar-refractivity contribution in [2.24, 2.45) is 13.0 Å². The van der Waals surface area contributed by atoms with Crippen molar-refractivity contribution in [2.75, 3.05) is 20.2 Å². The molecule has 1 heterocycles. The molecule has 0 aliphatic heterocycles. The summed E-state index contributed by atoms with van der Waals surface area (Å²) in [5.41, 5.74) is -0.00848. The number of hydrogen-bond donors (Lipinski definition) is 0. The standard InChI is InChI=1S/C18H23N5O5S/c1-12(2)10-22(8-7-16(24)28-4)17(25)13-5-6-15(14(9-13)23(26)27)29-18-20-19-11-21(18)3/h5-6,9,11-12H,7-8,10H2,1-4H3. The van der Waals surface area contributed by atoms with E-state index in [-0.39, 0.29) is 36.0 Å². The fourth-order valence-corrected chi connectivity index (χ4v) is 3.42. The fourth-order valence-electron chi connectivity index (χ4n) is 2.57. The Kier molecular flexibility index (Phi) is 7.71. The molecule has 2 rings (SSSR count). The van der Waals surface area contributed by atoms with E-state index in [2.05, 4.69) is 14.9 Å². The predicted octanol–water partition coefficient (Wildman–Crippen LogP) is 2.54. The van der Waals surface area contributed by atoms with Gasteiger partial charge in [-0.05, 0) is 29.8 Å². The summed E-state index contributed by atoms with van der Waals surface area (Å²) >= 11 is 1.09. The van der Waals surface area contributed by atoms with Gasteiger partial charge in [0.25, 0.3) is 11.6 Å². The van der Waals surface area contributed by atoms with Gasteiger partial charge in [0.05, 0.1) is 23.3 Å². The summed E-state index contributed by atoms with van der Waals surface area (Å²) in [7, 11) is 3.02. The van der Waals surface area contributed by atoms with E-state index < -0.39 is 10.9 Å². The van der Waals surface area contributed by atoms with Crippen molar-refractivity contribution in [3.05, 3.63) is 40.2 Å². The van der Waals surface area contributed by atoms with Crippen LogP contribution in [0, 0.1) is 16.0 Å². The van der Waals surface area contributed by atoms with Crippen molar-refractivity contribution in [3.63, 3.8) is 0 Å². The van der Waals surface area contributed by atoms with Gasteiger partial charge in [-0.2, -0.15) is 0 Å². The van der Waals surface area contributed by atoms with Crippen LogP contribution >= 0.6 is 11.8 Å². The average molecular weight is 421 g/mol. The number of carbonyl (C=O) groups is 2. The average Bonchev–Trinajstić information content (AvgIpc) is 3.08. The number of esters is 1. The maximum Gasteiger partial charge on any atom is 0.307 e. The number of nitro groups is 1. The number of nitro benzene ring substituents is 1. The Bertz CT molecular complexity index is 899. The topological polar surface area (TPSA) is 120 Å². The minimum Gasteiger partial charge on any atom is -0.469 e. The van der Waals surface area contributed by atoms with Crippen LogP contribution in [-0.4, -0.2) is 56.7 Å². The molecule has 0 unspecified atom stereocenters. The Labute approximate surface area is 172 Å². The van der Waals surface area contributed by atoms with Crippen LogP contribution in [0.5, 0.6) is 0 Å². The zero-order chi connectivity index (χ0) is 21.6. The first-order valence-corrected chi connectivity index (χ1v) is 9.71. The zero-order valence-electron chi connectivity index (χ0n) is 16.7. The van der Waals surface area contributed by atoms with E-state index in [0.29, 0.717) is 16.6 Å². The Hall–Kier alpha value is -2.95. The third-order valence-electron chi connectivity index (χ3n) is 3.96. The first kappa shape index (κ1) is 22.3. The zero-order valence-corrected chi connectivity index (χ0v) is 17.5. The molecule has 0 bridgehead atoms. The second-order valence-electron chi connectivity index (χ2n) is 6.74. The summed E-state index contributed by atoms with van der Waals surface area (Å²) in [4.78, 5) is 37.3. The van der Waals surface area contributed by atoms with Gasteiger partial charge in [0.15, 0.2) is 5.16 Å². The molecule has 0 fully saturated rings. The van der Waals surface area contributed by atoms with E-state index in [9.17, 15) is 19.7 Å². The molecule has 1 aromatic heterocycles. The Morgan fingerprint density at radius 3 is 2.66 bits per heavy atom. The number of amides is 1. The molecule has 156 valence electrons. The summed E-state index contributed by atoms with van der Waals surface area (Å²) in [6.07, 6.45) is 1.55. The third-order valence-corrected chi connectivity index (χ3v) is 5.08. The monoisotopic (exact) mass is 421 g/mol. The molecule has 0 N–H and O–H groups in total. The Morgan fingerprint density at radius 1 is 1.38 bits per heavy atom. The third kappa shape index (κ3) is 6.01. The molecule has 0 saturated carbocycles. The lowest BCUT2D eigenvalue weighted by Crippen LogP contribution is -2.36. The lowest BCUT2D eigenvalue weighted by Gasteiger charge is -2.24. The van der Waals surface area contributed by atoms with Gasteiger partial charge in [0.1, 0.15) is 6.33 Å². The maximum atomic E-state index is 13.0. The first-order valence-electron chi connectivity index (χ1n) is 8.89. The molecule has 0 radical (unpaired) electrons. The highest BCUT2D eigenvalue weighted by atomic mass is 32.2. The van der Waals surface area contributed by atoms with E-state index in [4.69, 9.17) is 0 Å². The van der Waals surface area contributed by atoms with Crippen molar-refractivity contribution in [2.45, 2.75) is 30.3 Å². The summed E-state index contributed by atoms with van der Waals surface area (Å²) in [5.74, 6) is -0.633. The molecule has 0 saturated heterocycles. The number of benzene rings is 1. The van der Waals surface area contributed by atoms with E-state index >= 15 is 0 Å². The van der Waals surface area contributed by atoms with Crippen LogP contribution < -0.4 is 0 Å². The number of methoxy groups -OCH3 is 1. The van der Waals surface area contributed by atoms with Crippen LogP contribution in [-0.2, 0) is 16.6 Å². The molecule has 29 heavy (non-hydrogen) atoms. The number of aryl methyl sites for hydroxylation is 1. The first-order chi connectivity index (χ1) is 13.7. The van der Waals surface area contributed by atoms with Crippen LogP contribution in [0.25, 0.3) is 0 Å². The fraction of sp³-hybridized carbons (Fsp3) is 0.444. The minimum atomic E-state index is -0.531. The molecule has 2 aromatic rings. The molecular formula is C18H23N5O5S. The number of carbonyl (C=O) groups excluding carboxylic acids is 2. The smallest absolute Gasteiger partial charge is 0.307 e. The highest BCUT2D eigenvalue weighted by Gasteiger charge is 2.23. The van der Waals surface area contributed by atoms with Gasteiger partial charge in [-0.25, -0.2) is 0 Å². The molecule has 10 nitrogen and oxygen atoms in total. The highest BCUT2D eigenvalue weighted by molar-refractivity contribution is 7.99. The maximum absolute atomic E-state index is 13.0. The lowest BCUT2D eigenvalue weighted by molar-refractivity contribution is -0.387. The largest absolute Gasteiger partial charge is 0.469 e. The summed E-state index contributed by atoms with van der Waals surface area (Å²) in [6.45, 7) is 4.48. The van der Waals surface area contributed by atoms with Gasteiger partial charge >= 0.3 is 5.97 Å². The van der Waals surface area contributed by atoms with Crippen LogP contribution in [0.1, 0.15) is 30.6 Å². The van der Waals surface area contributed by atoms with Crippen LogP contribution in [0.2, 0.25) is 0 Å². The quantitative estimate of drug-likeness (QED) is 0.344. The SMILES string of the molecule is COC(=O)CCN(CC(C)C)C(=O)c1ccc(Sc2nncn2C)c([N+](=O)[O-])c1. The van der Waals surface area contributed by atoms with Crippen LogP contribution in [0.3, 0.4) is 0 Å². The lowest BCUT2D eigenvalue weighted by atomic mass is 10.1. The van der Waals surface area contributed by atoms with Gasteiger partial charge in [0, 0.05) is 31.8 Å². The summed E-state index contributed by atoms with van der Waals surface area (Å²) in [5, 5.41) is 19.7. The minimum absolute atomic E-state index is 0.0527. The van der Waals surface area contributed by atoms with E-state index in [1.165, 1.54) is 30.5 Å². The predicted molar refractivity (Wildman–Crippen MR) is 106 cm³/mol. The number of rotatable bonds is 9. The van der Waals surface area contributed by atoms with E-state index in [1.807, 2.05) is 13.8 Å². The summed E-state index contributed by atoms with van der Waals surface area (Å²) < 4.78 is 6.28. The van der Waals surface area contributed by atoms with Crippen molar-refractivity contribution in [3.8, 4) is 0 Å². The summed E-state index contributed by atoms with van der Waals surface area (Å²) in [6, 6.07) is 4.32. The second kappa shape index (κ2) is 10.0. The Balaban J connectivity index is 2.29. The van der Waals surface area contributed by atoms with Gasteiger partial charge in [-0.15, -0.1) is 10.2 Å². The molecule has 11 heteroatoms. The highest BCUT2D eigenvalue weighted by Crippen LogP contribution is 2.34. The molecular weight excluding hydrogens is 398 g/mol. The molecule has 1 aromatic carbocycles. The van der Waals surface area contributed by atoms with Crippen molar-refractivity contribution >= 4 is 29.3 Å². The van der Waals surface area contributed by atoms with Crippen molar-refractivity contribution < 1.29 is 19.2 Å². The van der Waals surface area contributed by atoms with Gasteiger partial charge in [0.2, 0.25) is 0 Å². The molecule has 0 aliphatic carbocycles. The van der Waals surface area contributed by atoms with Gasteiger partial charge < -0.3 is 14.2 Å². The normalized spacial score (nSPS) is 10.8. The van der Waals surface area contributed by atoms with Crippen LogP contribution in [0.15, 0.2) is 34.6 Å². The Morgan fingerprint density at radius 2 is 2.10 bits per heavy atom. The number of aromatic nitrogens is 3. The van der Waals surface area contributed by atoms with Gasteiger partial charge in [-0.3, -0.25) is 19.7 Å². The van der Waals surface area contributed by atoms with E-state index in [1.54, 1.807) is 17.7 Å². The molecule has 0 atom stereocenters. The molecule has 0 aliphatic rings. The second-order valence-corrected chi connectivity index (χ2v) is 7.75. The molecule has 0 spiro atoms. The number of hydrogen-bond acceptors (Lipinski definition) is 8. The van der Waals surface area contributed by atoms with Crippen molar-refractivity contribution in [1.29, 1.82) is 0 Å². The van der Waals surface area contributed by atoms with Crippen LogP contribution in [0.4, 0.5) is 5.69 Å².